The second-order valence-electron chi connectivity index (χ2n) is 7.40. The maximum absolute atomic E-state index is 13.5. The minimum Gasteiger partial charge on any atom is -0.307 e. The molecule has 0 N–H and O–H groups in total. The van der Waals surface area contributed by atoms with Crippen molar-refractivity contribution in [2.24, 2.45) is 4.99 Å². The SMILES string of the molecule is Cc1ccc(C2=Nc3nc(-c4ccccc4)cn3C(c3ccc(F)cc3)C2)cc1. The van der Waals surface area contributed by atoms with Crippen molar-refractivity contribution < 1.29 is 4.39 Å². The van der Waals surface area contributed by atoms with Crippen molar-refractivity contribution in [3.8, 4) is 11.3 Å². The predicted molar refractivity (Wildman–Crippen MR) is 114 cm³/mol. The van der Waals surface area contributed by atoms with E-state index in [1.807, 2.05) is 48.7 Å². The first-order valence-corrected chi connectivity index (χ1v) is 9.72. The van der Waals surface area contributed by atoms with Crippen molar-refractivity contribution in [1.29, 1.82) is 0 Å². The van der Waals surface area contributed by atoms with Gasteiger partial charge in [-0.3, -0.25) is 0 Å². The van der Waals surface area contributed by atoms with Crippen molar-refractivity contribution in [2.45, 2.75) is 19.4 Å². The third kappa shape index (κ3) is 3.38. The number of halogens is 1. The zero-order chi connectivity index (χ0) is 19.8. The van der Waals surface area contributed by atoms with Crippen LogP contribution in [0.3, 0.4) is 0 Å². The van der Waals surface area contributed by atoms with Crippen molar-refractivity contribution in [1.82, 2.24) is 9.55 Å². The summed E-state index contributed by atoms with van der Waals surface area (Å²) in [7, 11) is 0. The van der Waals surface area contributed by atoms with Gasteiger partial charge in [-0.2, -0.15) is 0 Å². The van der Waals surface area contributed by atoms with E-state index in [1.54, 1.807) is 0 Å². The monoisotopic (exact) mass is 381 g/mol. The summed E-state index contributed by atoms with van der Waals surface area (Å²) in [4.78, 5) is 9.69. The van der Waals surface area contributed by atoms with E-state index in [0.29, 0.717) is 5.95 Å². The minimum atomic E-state index is -0.229. The molecule has 0 saturated heterocycles. The normalized spacial score (nSPS) is 15.7. The van der Waals surface area contributed by atoms with E-state index in [9.17, 15) is 4.39 Å². The molecule has 0 aliphatic carbocycles. The first-order chi connectivity index (χ1) is 14.2. The number of aromatic nitrogens is 2. The Kier molecular flexibility index (Phi) is 4.32. The highest BCUT2D eigenvalue weighted by atomic mass is 19.1. The van der Waals surface area contributed by atoms with E-state index in [4.69, 9.17) is 9.98 Å². The fraction of sp³-hybridized carbons (Fsp3) is 0.120. The molecule has 1 aliphatic rings. The quantitative estimate of drug-likeness (QED) is 0.421. The van der Waals surface area contributed by atoms with E-state index in [1.165, 1.54) is 17.7 Å². The molecule has 0 radical (unpaired) electrons. The topological polar surface area (TPSA) is 30.2 Å². The number of fused-ring (bicyclic) bond motifs is 1. The van der Waals surface area contributed by atoms with Crippen LogP contribution in [0.4, 0.5) is 10.3 Å². The van der Waals surface area contributed by atoms with Crippen LogP contribution < -0.4 is 0 Å². The lowest BCUT2D eigenvalue weighted by molar-refractivity contribution is 0.589. The molecule has 142 valence electrons. The van der Waals surface area contributed by atoms with E-state index in [0.717, 1.165) is 34.5 Å². The molecular weight excluding hydrogens is 361 g/mol. The third-order valence-electron chi connectivity index (χ3n) is 5.38. The number of imidazole rings is 1. The van der Waals surface area contributed by atoms with Crippen LogP contribution in [0.15, 0.2) is 90.1 Å². The lowest BCUT2D eigenvalue weighted by Crippen LogP contribution is -2.19. The number of rotatable bonds is 3. The maximum atomic E-state index is 13.5. The van der Waals surface area contributed by atoms with E-state index in [2.05, 4.69) is 35.8 Å². The van der Waals surface area contributed by atoms with Gasteiger partial charge in [0, 0.05) is 18.2 Å². The molecule has 1 aromatic heterocycles. The number of aryl methyl sites for hydroxylation is 1. The van der Waals surface area contributed by atoms with Crippen LogP contribution in [-0.4, -0.2) is 15.3 Å². The highest BCUT2D eigenvalue weighted by Gasteiger charge is 2.26. The highest BCUT2D eigenvalue weighted by molar-refractivity contribution is 6.03. The fourth-order valence-corrected chi connectivity index (χ4v) is 3.78. The highest BCUT2D eigenvalue weighted by Crippen LogP contribution is 2.36. The second-order valence-corrected chi connectivity index (χ2v) is 7.40. The van der Waals surface area contributed by atoms with Crippen LogP contribution >= 0.6 is 0 Å². The Morgan fingerprint density at radius 3 is 2.31 bits per heavy atom. The molecule has 3 nitrogen and oxygen atoms in total. The average Bonchev–Trinajstić information content (AvgIpc) is 3.19. The Morgan fingerprint density at radius 1 is 0.862 bits per heavy atom. The number of benzene rings is 3. The first kappa shape index (κ1) is 17.6. The van der Waals surface area contributed by atoms with Gasteiger partial charge < -0.3 is 4.57 Å². The summed E-state index contributed by atoms with van der Waals surface area (Å²) in [5, 5.41) is 0. The zero-order valence-corrected chi connectivity index (χ0v) is 16.1. The van der Waals surface area contributed by atoms with Gasteiger partial charge in [0.05, 0.1) is 17.4 Å². The standard InChI is InChI=1S/C25H20FN3/c1-17-7-9-19(10-8-17)22-15-24(20-11-13-21(26)14-12-20)29-16-23(28-25(29)27-22)18-5-3-2-4-6-18/h2-14,16,24H,15H2,1H3. The molecule has 29 heavy (non-hydrogen) atoms. The Bertz CT molecular complexity index is 1170. The molecular formula is C25H20FN3. The number of aliphatic imine (C=N–C) groups is 1. The summed E-state index contributed by atoms with van der Waals surface area (Å²) < 4.78 is 15.6. The Labute approximate surface area is 169 Å². The summed E-state index contributed by atoms with van der Waals surface area (Å²) in [6.07, 6.45) is 2.78. The summed E-state index contributed by atoms with van der Waals surface area (Å²) >= 11 is 0. The predicted octanol–water partition coefficient (Wildman–Crippen LogP) is 6.11. The minimum absolute atomic E-state index is 0.0179. The van der Waals surface area contributed by atoms with Crippen molar-refractivity contribution in [3.05, 3.63) is 108 Å². The second kappa shape index (κ2) is 7.13. The number of hydrogen-bond donors (Lipinski definition) is 0. The van der Waals surface area contributed by atoms with Crippen LogP contribution in [0.5, 0.6) is 0 Å². The molecule has 2 heterocycles. The van der Waals surface area contributed by atoms with Gasteiger partial charge in [-0.05, 0) is 30.2 Å². The molecule has 0 fully saturated rings. The van der Waals surface area contributed by atoms with Gasteiger partial charge in [-0.1, -0.05) is 72.3 Å². The third-order valence-corrected chi connectivity index (χ3v) is 5.38. The van der Waals surface area contributed by atoms with Gasteiger partial charge in [-0.15, -0.1) is 0 Å². The number of hydrogen-bond acceptors (Lipinski definition) is 2. The molecule has 1 unspecified atom stereocenters. The van der Waals surface area contributed by atoms with Gasteiger partial charge in [0.1, 0.15) is 5.82 Å². The smallest absolute Gasteiger partial charge is 0.230 e. The van der Waals surface area contributed by atoms with E-state index < -0.39 is 0 Å². The Morgan fingerprint density at radius 2 is 1.59 bits per heavy atom. The van der Waals surface area contributed by atoms with Crippen molar-refractivity contribution in [2.75, 3.05) is 0 Å². The zero-order valence-electron chi connectivity index (χ0n) is 16.1. The lowest BCUT2D eigenvalue weighted by Gasteiger charge is -2.25. The van der Waals surface area contributed by atoms with Crippen LogP contribution in [0.2, 0.25) is 0 Å². The summed E-state index contributed by atoms with van der Waals surface area (Å²) in [6, 6.07) is 25.3. The van der Waals surface area contributed by atoms with Crippen LogP contribution in [0.1, 0.15) is 29.2 Å². The van der Waals surface area contributed by atoms with Gasteiger partial charge in [0.15, 0.2) is 0 Å². The Balaban J connectivity index is 1.63. The van der Waals surface area contributed by atoms with E-state index >= 15 is 0 Å². The molecule has 4 heteroatoms. The fourth-order valence-electron chi connectivity index (χ4n) is 3.78. The van der Waals surface area contributed by atoms with Crippen LogP contribution in [-0.2, 0) is 0 Å². The van der Waals surface area contributed by atoms with Gasteiger partial charge in [0.25, 0.3) is 0 Å². The van der Waals surface area contributed by atoms with E-state index in [-0.39, 0.29) is 11.9 Å². The lowest BCUT2D eigenvalue weighted by atomic mass is 9.95. The summed E-state index contributed by atoms with van der Waals surface area (Å²) in [5.74, 6) is 0.452. The average molecular weight is 381 g/mol. The van der Waals surface area contributed by atoms with Crippen LogP contribution in [0.25, 0.3) is 11.3 Å². The molecule has 0 saturated carbocycles. The molecule has 0 amide bonds. The molecule has 4 aromatic rings. The molecule has 5 rings (SSSR count). The first-order valence-electron chi connectivity index (χ1n) is 9.72. The largest absolute Gasteiger partial charge is 0.307 e. The van der Waals surface area contributed by atoms with Crippen LogP contribution in [0, 0.1) is 12.7 Å². The molecule has 0 bridgehead atoms. The molecule has 0 spiro atoms. The molecule has 3 aromatic carbocycles. The van der Waals surface area contributed by atoms with Gasteiger partial charge >= 0.3 is 0 Å². The van der Waals surface area contributed by atoms with Crippen molar-refractivity contribution >= 4 is 11.7 Å². The number of nitrogens with zero attached hydrogens (tertiary/aromatic N) is 3. The Hall–Kier alpha value is -3.53. The van der Waals surface area contributed by atoms with Gasteiger partial charge in [-0.25, -0.2) is 14.4 Å². The maximum Gasteiger partial charge on any atom is 0.230 e. The van der Waals surface area contributed by atoms with Gasteiger partial charge in [0.2, 0.25) is 5.95 Å². The molecule has 1 atom stereocenters. The summed E-state index contributed by atoms with van der Waals surface area (Å²) in [5.41, 5.74) is 6.30. The summed E-state index contributed by atoms with van der Waals surface area (Å²) in [6.45, 7) is 2.08. The molecule has 1 aliphatic heterocycles. The van der Waals surface area contributed by atoms with Crippen molar-refractivity contribution in [3.63, 3.8) is 0 Å².